The van der Waals surface area contributed by atoms with E-state index in [1.807, 2.05) is 12.1 Å². The molecule has 0 radical (unpaired) electrons. The van der Waals surface area contributed by atoms with Crippen molar-refractivity contribution in [2.24, 2.45) is 0 Å². The quantitative estimate of drug-likeness (QED) is 0.864. The first-order valence-corrected chi connectivity index (χ1v) is 5.00. The number of hydrogen-bond acceptors (Lipinski definition) is 5. The number of ether oxygens (including phenoxy) is 1. The summed E-state index contributed by atoms with van der Waals surface area (Å²) >= 11 is 0. The first-order valence-electron chi connectivity index (χ1n) is 5.00. The second-order valence-electron chi connectivity index (χ2n) is 3.33. The number of nitriles is 1. The van der Waals surface area contributed by atoms with Gasteiger partial charge in [-0.15, -0.1) is 0 Å². The van der Waals surface area contributed by atoms with E-state index in [4.69, 9.17) is 15.7 Å². The van der Waals surface area contributed by atoms with E-state index in [0.29, 0.717) is 12.2 Å². The third kappa shape index (κ3) is 2.69. The van der Waals surface area contributed by atoms with Crippen molar-refractivity contribution < 1.29 is 4.74 Å². The molecule has 17 heavy (non-hydrogen) atoms. The molecule has 84 valence electrons. The van der Waals surface area contributed by atoms with E-state index >= 15 is 0 Å². The second kappa shape index (κ2) is 4.94. The Labute approximate surface area is 98.5 Å². The summed E-state index contributed by atoms with van der Waals surface area (Å²) in [5.74, 6) is 1.13. The minimum Gasteiger partial charge on any atom is -0.436 e. The summed E-state index contributed by atoms with van der Waals surface area (Å²) in [5, 5.41) is 8.54. The Balaban J connectivity index is 2.15. The lowest BCUT2D eigenvalue weighted by Crippen LogP contribution is -1.97. The Morgan fingerprint density at radius 1 is 1.18 bits per heavy atom. The first-order chi connectivity index (χ1) is 8.29. The number of benzene rings is 1. The van der Waals surface area contributed by atoms with E-state index in [2.05, 4.69) is 16.0 Å². The Morgan fingerprint density at radius 2 is 1.88 bits per heavy atom. The summed E-state index contributed by atoms with van der Waals surface area (Å²) in [5.41, 5.74) is 6.54. The molecule has 5 nitrogen and oxygen atoms in total. The summed E-state index contributed by atoms with van der Waals surface area (Å²) in [7, 11) is 0. The molecule has 0 unspecified atom stereocenters. The van der Waals surface area contributed by atoms with Crippen LogP contribution in [0.4, 0.5) is 5.82 Å². The van der Waals surface area contributed by atoms with Gasteiger partial charge in [0.15, 0.2) is 5.82 Å². The Morgan fingerprint density at radius 3 is 2.53 bits per heavy atom. The number of anilines is 1. The van der Waals surface area contributed by atoms with E-state index in [9.17, 15) is 0 Å². The average molecular weight is 226 g/mol. The van der Waals surface area contributed by atoms with Crippen LogP contribution in [-0.2, 0) is 6.42 Å². The molecule has 0 saturated carbocycles. The van der Waals surface area contributed by atoms with Gasteiger partial charge < -0.3 is 10.5 Å². The van der Waals surface area contributed by atoms with Crippen LogP contribution in [-0.4, -0.2) is 9.97 Å². The van der Waals surface area contributed by atoms with Gasteiger partial charge in [0, 0.05) is 12.4 Å². The van der Waals surface area contributed by atoms with E-state index in [1.54, 1.807) is 12.1 Å². The Bertz CT molecular complexity index is 545. The molecule has 0 aliphatic carbocycles. The zero-order valence-corrected chi connectivity index (χ0v) is 9.00. The topological polar surface area (TPSA) is 84.8 Å². The highest BCUT2D eigenvalue weighted by molar-refractivity contribution is 5.42. The molecule has 1 aromatic heterocycles. The first kappa shape index (κ1) is 10.9. The van der Waals surface area contributed by atoms with Crippen LogP contribution in [0.25, 0.3) is 0 Å². The second-order valence-corrected chi connectivity index (χ2v) is 3.33. The van der Waals surface area contributed by atoms with Crippen molar-refractivity contribution in [2.45, 2.75) is 6.42 Å². The predicted octanol–water partition coefficient (Wildman–Crippen LogP) is 1.92. The monoisotopic (exact) mass is 226 g/mol. The molecular formula is C12H10N4O. The summed E-state index contributed by atoms with van der Waals surface area (Å²) in [6.45, 7) is 0. The smallest absolute Gasteiger partial charge is 0.262 e. The fourth-order valence-corrected chi connectivity index (χ4v) is 1.29. The van der Waals surface area contributed by atoms with Crippen LogP contribution in [0.5, 0.6) is 11.6 Å². The molecule has 0 aliphatic rings. The molecule has 2 N–H and O–H groups in total. The van der Waals surface area contributed by atoms with Crippen LogP contribution in [0.2, 0.25) is 0 Å². The molecule has 0 fully saturated rings. The number of hydrogen-bond donors (Lipinski definition) is 1. The van der Waals surface area contributed by atoms with Gasteiger partial charge in [-0.2, -0.15) is 5.26 Å². The fourth-order valence-electron chi connectivity index (χ4n) is 1.29. The standard InChI is InChI=1S/C12H10N4O/c13-6-5-9-1-3-10(4-2-9)17-12-11(14)15-7-8-16-12/h1-4,7-8H,5H2,(H2,14,15). The SMILES string of the molecule is N#CCc1ccc(Oc2nccnc2N)cc1. The van der Waals surface area contributed by atoms with Crippen molar-refractivity contribution in [3.05, 3.63) is 42.2 Å². The van der Waals surface area contributed by atoms with Crippen LogP contribution in [0.15, 0.2) is 36.7 Å². The summed E-state index contributed by atoms with van der Waals surface area (Å²) in [4.78, 5) is 7.84. The highest BCUT2D eigenvalue weighted by Gasteiger charge is 2.03. The number of rotatable bonds is 3. The van der Waals surface area contributed by atoms with Crippen molar-refractivity contribution in [3.8, 4) is 17.7 Å². The van der Waals surface area contributed by atoms with Gasteiger partial charge in [0.25, 0.3) is 5.88 Å². The zero-order chi connectivity index (χ0) is 12.1. The number of nitrogens with zero attached hydrogens (tertiary/aromatic N) is 3. The molecule has 1 heterocycles. The minimum atomic E-state index is 0.244. The van der Waals surface area contributed by atoms with Crippen LogP contribution in [0, 0.1) is 11.3 Å². The molecular weight excluding hydrogens is 216 g/mol. The summed E-state index contributed by atoms with van der Waals surface area (Å²) in [6.07, 6.45) is 3.39. The fraction of sp³-hybridized carbons (Fsp3) is 0.0833. The van der Waals surface area contributed by atoms with Crippen LogP contribution < -0.4 is 10.5 Å². The normalized spacial score (nSPS) is 9.59. The van der Waals surface area contributed by atoms with Crippen LogP contribution >= 0.6 is 0 Å². The maximum Gasteiger partial charge on any atom is 0.262 e. The number of aromatic nitrogens is 2. The van der Waals surface area contributed by atoms with Crippen LogP contribution in [0.1, 0.15) is 5.56 Å². The lowest BCUT2D eigenvalue weighted by Gasteiger charge is -2.06. The molecule has 0 spiro atoms. The highest BCUT2D eigenvalue weighted by Crippen LogP contribution is 2.22. The van der Waals surface area contributed by atoms with E-state index < -0.39 is 0 Å². The minimum absolute atomic E-state index is 0.244. The molecule has 5 heteroatoms. The van der Waals surface area contributed by atoms with E-state index in [-0.39, 0.29) is 11.7 Å². The lowest BCUT2D eigenvalue weighted by molar-refractivity contribution is 0.463. The van der Waals surface area contributed by atoms with Gasteiger partial charge in [-0.3, -0.25) is 0 Å². The number of nitrogen functional groups attached to an aromatic ring is 1. The van der Waals surface area contributed by atoms with Crippen molar-refractivity contribution in [1.82, 2.24) is 9.97 Å². The van der Waals surface area contributed by atoms with Gasteiger partial charge in [0.2, 0.25) is 0 Å². The maximum absolute atomic E-state index is 8.54. The summed E-state index contributed by atoms with van der Waals surface area (Å²) in [6, 6.07) is 9.26. The molecule has 0 bridgehead atoms. The van der Waals surface area contributed by atoms with Crippen molar-refractivity contribution in [2.75, 3.05) is 5.73 Å². The van der Waals surface area contributed by atoms with Crippen molar-refractivity contribution >= 4 is 5.82 Å². The van der Waals surface area contributed by atoms with Gasteiger partial charge >= 0.3 is 0 Å². The van der Waals surface area contributed by atoms with Gasteiger partial charge in [0.05, 0.1) is 12.5 Å². The van der Waals surface area contributed by atoms with Gasteiger partial charge in [-0.05, 0) is 17.7 Å². The molecule has 0 saturated heterocycles. The Hall–Kier alpha value is -2.61. The van der Waals surface area contributed by atoms with Crippen LogP contribution in [0.3, 0.4) is 0 Å². The molecule has 2 rings (SSSR count). The predicted molar refractivity (Wildman–Crippen MR) is 62.3 cm³/mol. The van der Waals surface area contributed by atoms with Crippen molar-refractivity contribution in [3.63, 3.8) is 0 Å². The summed E-state index contributed by atoms with van der Waals surface area (Å²) < 4.78 is 5.46. The molecule has 0 aliphatic heterocycles. The number of nitrogens with two attached hydrogens (primary N) is 1. The van der Waals surface area contributed by atoms with E-state index in [0.717, 1.165) is 5.56 Å². The van der Waals surface area contributed by atoms with Gasteiger partial charge in [0.1, 0.15) is 5.75 Å². The lowest BCUT2D eigenvalue weighted by atomic mass is 10.2. The van der Waals surface area contributed by atoms with Gasteiger partial charge in [-0.25, -0.2) is 9.97 Å². The van der Waals surface area contributed by atoms with E-state index in [1.165, 1.54) is 12.4 Å². The largest absolute Gasteiger partial charge is 0.436 e. The zero-order valence-electron chi connectivity index (χ0n) is 9.00. The molecule has 0 atom stereocenters. The third-order valence-electron chi connectivity index (χ3n) is 2.11. The third-order valence-corrected chi connectivity index (χ3v) is 2.11. The molecule has 0 amide bonds. The Kier molecular flexibility index (Phi) is 3.17. The van der Waals surface area contributed by atoms with Gasteiger partial charge in [-0.1, -0.05) is 12.1 Å². The molecule has 2 aromatic rings. The molecule has 1 aromatic carbocycles. The maximum atomic E-state index is 8.54. The van der Waals surface area contributed by atoms with Crippen molar-refractivity contribution in [1.29, 1.82) is 5.26 Å². The highest BCUT2D eigenvalue weighted by atomic mass is 16.5. The average Bonchev–Trinajstić information content (AvgIpc) is 2.35.